The Labute approximate surface area is 195 Å². The molecular weight excluding hydrogens is 403 g/mol. The Hall–Kier alpha value is 0.886. The predicted molar refractivity (Wildman–Crippen MR) is 140 cm³/mol. The van der Waals surface area contributed by atoms with Gasteiger partial charge in [0.1, 0.15) is 0 Å². The molecule has 2 atom stereocenters. The van der Waals surface area contributed by atoms with Crippen molar-refractivity contribution < 1.29 is 8.85 Å². The molecule has 2 unspecified atom stereocenters. The molecule has 174 valence electrons. The first kappa shape index (κ1) is 29.9. The molecule has 2 aliphatic rings. The van der Waals surface area contributed by atoms with Gasteiger partial charge in [0.25, 0.3) is 0 Å². The molecule has 29 heavy (non-hydrogen) atoms. The van der Waals surface area contributed by atoms with Crippen LogP contribution in [0.2, 0.25) is 43.6 Å². The maximum Gasteiger partial charge on any atom is 0.211 e. The van der Waals surface area contributed by atoms with Crippen LogP contribution < -0.4 is 0 Å². The van der Waals surface area contributed by atoms with Crippen LogP contribution in [0.5, 0.6) is 0 Å². The van der Waals surface area contributed by atoms with Crippen molar-refractivity contribution in [2.75, 3.05) is 0 Å². The molecule has 2 fully saturated rings. The van der Waals surface area contributed by atoms with Crippen LogP contribution in [0.25, 0.3) is 0 Å². The van der Waals surface area contributed by atoms with Crippen molar-refractivity contribution in [1.29, 1.82) is 0 Å². The Kier molecular flexibility index (Phi) is 13.2. The third-order valence-corrected chi connectivity index (χ3v) is 11.7. The van der Waals surface area contributed by atoms with Crippen molar-refractivity contribution in [2.24, 2.45) is 10.8 Å². The monoisotopic (exact) mass is 458 g/mol. The molecule has 0 aromatic heterocycles. The normalized spacial score (nSPS) is 26.4. The summed E-state index contributed by atoms with van der Waals surface area (Å²) >= 11 is 1.40. The Morgan fingerprint density at radius 3 is 1.24 bits per heavy atom. The second-order valence-corrected chi connectivity index (χ2v) is 22.1. The fourth-order valence-corrected chi connectivity index (χ4v) is 9.54. The minimum Gasteiger partial charge on any atom is -0.414 e. The van der Waals surface area contributed by atoms with Crippen molar-refractivity contribution in [3.8, 4) is 0 Å². The van der Waals surface area contributed by atoms with Crippen LogP contribution in [-0.2, 0) is 8.85 Å². The van der Waals surface area contributed by atoms with Gasteiger partial charge in [-0.05, 0) is 61.9 Å². The number of hydrogen-bond acceptors (Lipinski definition) is 2. The van der Waals surface area contributed by atoms with Crippen LogP contribution >= 0.6 is 0 Å². The molecule has 2 nitrogen and oxygen atoms in total. The molecule has 0 bridgehead atoms. The summed E-state index contributed by atoms with van der Waals surface area (Å²) in [6, 6.07) is 2.69. The third-order valence-electron chi connectivity index (χ3n) is 6.05. The van der Waals surface area contributed by atoms with E-state index in [0.717, 1.165) is 0 Å². The van der Waals surface area contributed by atoms with E-state index in [-0.39, 0.29) is 0 Å². The Morgan fingerprint density at radius 2 is 1.10 bits per heavy atom. The highest BCUT2D eigenvalue weighted by Crippen LogP contribution is 2.36. The van der Waals surface area contributed by atoms with E-state index >= 15 is 0 Å². The predicted octanol–water partition coefficient (Wildman–Crippen LogP) is 7.67. The molecule has 0 aromatic carbocycles. The summed E-state index contributed by atoms with van der Waals surface area (Å²) in [5, 5.41) is 1.48. The molecule has 0 saturated carbocycles. The van der Waals surface area contributed by atoms with Gasteiger partial charge < -0.3 is 8.85 Å². The zero-order valence-corrected chi connectivity index (χ0v) is 26.3. The maximum atomic E-state index is 6.18. The lowest BCUT2D eigenvalue weighted by Gasteiger charge is -2.41. The molecule has 0 radical (unpaired) electrons. The van der Waals surface area contributed by atoms with Gasteiger partial charge >= 0.3 is 0 Å². The first-order chi connectivity index (χ1) is 13.0. The molecule has 0 N–H and O–H groups in total. The summed E-state index contributed by atoms with van der Waals surface area (Å²) in [5.41, 5.74) is 0.676. The second kappa shape index (κ2) is 12.8. The average Bonchev–Trinajstić information content (AvgIpc) is 2.53. The van der Waals surface area contributed by atoms with E-state index in [9.17, 15) is 0 Å². The lowest BCUT2D eigenvalue weighted by atomic mass is 9.86. The molecule has 5 heteroatoms. The summed E-state index contributed by atoms with van der Waals surface area (Å²) < 4.78 is 12.4. The van der Waals surface area contributed by atoms with Gasteiger partial charge in [-0.15, -0.1) is 5.28 Å². The van der Waals surface area contributed by atoms with E-state index in [0.29, 0.717) is 23.0 Å². The van der Waals surface area contributed by atoms with Gasteiger partial charge in [-0.1, -0.05) is 74.1 Å². The van der Waals surface area contributed by atoms with Crippen LogP contribution in [0.1, 0.15) is 87.0 Å². The van der Waals surface area contributed by atoms with E-state index in [1.165, 1.54) is 72.2 Å². The van der Waals surface area contributed by atoms with Crippen LogP contribution in [0.3, 0.4) is 0 Å². The fraction of sp³-hybridized carbons (Fsp3) is 1.00. The van der Waals surface area contributed by atoms with Crippen molar-refractivity contribution in [2.45, 2.75) is 143 Å². The Morgan fingerprint density at radius 1 is 0.759 bits per heavy atom. The van der Waals surface area contributed by atoms with Gasteiger partial charge in [0.15, 0.2) is 16.6 Å². The Bertz CT molecular complexity index is 393. The standard InChI is InChI=1S/2C10H22OSi.C4H9.Al.2H/c2*1-10(2,3)9-7-6-8-12(4,5)11-9;1-3-4-2;;;/h2*9H,6-8H2,1-5H3;1,3-4H2,2H3;;;. The molecule has 0 amide bonds. The van der Waals surface area contributed by atoms with E-state index in [4.69, 9.17) is 8.85 Å². The highest BCUT2D eigenvalue weighted by Gasteiger charge is 2.37. The zero-order chi connectivity index (χ0) is 22.9. The van der Waals surface area contributed by atoms with Gasteiger partial charge in [-0.2, -0.15) is 0 Å². The SMILES string of the molecule is CC(C)(C)C1CCC[Si](C)(C)O1.CC(C)(C)C1CCC[Si](C)(C)O1.CCC[CH2][AlH2]. The largest absolute Gasteiger partial charge is 0.414 e. The van der Waals surface area contributed by atoms with E-state index < -0.39 is 16.6 Å². The quantitative estimate of drug-likeness (QED) is 0.395. The number of hydrogen-bond donors (Lipinski definition) is 0. The van der Waals surface area contributed by atoms with Crippen LogP contribution in [0, 0.1) is 10.8 Å². The second-order valence-electron chi connectivity index (χ2n) is 12.6. The summed E-state index contributed by atoms with van der Waals surface area (Å²) in [5.74, 6) is 0. The maximum absolute atomic E-state index is 6.18. The minimum atomic E-state index is -1.26. The summed E-state index contributed by atoms with van der Waals surface area (Å²) in [6.45, 7) is 25.3. The highest BCUT2D eigenvalue weighted by atomic mass is 28.4. The highest BCUT2D eigenvalue weighted by molar-refractivity contribution is 6.71. The molecule has 2 saturated heterocycles. The van der Waals surface area contributed by atoms with Crippen LogP contribution in [0.15, 0.2) is 0 Å². The Balaban J connectivity index is 0.000000442. The summed E-state index contributed by atoms with van der Waals surface area (Å²) in [4.78, 5) is 0. The van der Waals surface area contributed by atoms with E-state index in [2.05, 4.69) is 74.7 Å². The minimum absolute atomic E-state index is 0.338. The van der Waals surface area contributed by atoms with Crippen molar-refractivity contribution in [1.82, 2.24) is 0 Å². The molecule has 2 heterocycles. The van der Waals surface area contributed by atoms with Crippen LogP contribution in [-0.4, -0.2) is 45.1 Å². The van der Waals surface area contributed by atoms with Crippen LogP contribution in [0.4, 0.5) is 0 Å². The lowest BCUT2D eigenvalue weighted by molar-refractivity contribution is 0.0573. The van der Waals surface area contributed by atoms with Gasteiger partial charge in [-0.3, -0.25) is 0 Å². The smallest absolute Gasteiger partial charge is 0.211 e. The van der Waals surface area contributed by atoms with Crippen molar-refractivity contribution in [3.63, 3.8) is 0 Å². The van der Waals surface area contributed by atoms with E-state index in [1.807, 2.05) is 0 Å². The molecule has 2 rings (SSSR count). The van der Waals surface area contributed by atoms with Gasteiger partial charge in [0, 0.05) is 12.2 Å². The van der Waals surface area contributed by atoms with Crippen molar-refractivity contribution >= 4 is 32.9 Å². The third kappa shape index (κ3) is 13.8. The molecule has 0 aromatic rings. The average molecular weight is 459 g/mol. The van der Waals surface area contributed by atoms with Gasteiger partial charge in [0.2, 0.25) is 16.3 Å². The molecule has 0 spiro atoms. The van der Waals surface area contributed by atoms with Gasteiger partial charge in [0.05, 0.1) is 0 Å². The van der Waals surface area contributed by atoms with Gasteiger partial charge in [-0.25, -0.2) is 0 Å². The molecule has 0 aliphatic carbocycles. The summed E-state index contributed by atoms with van der Waals surface area (Å²) in [6.07, 6.45) is 9.12. The topological polar surface area (TPSA) is 18.5 Å². The summed E-state index contributed by atoms with van der Waals surface area (Å²) in [7, 11) is -2.53. The lowest BCUT2D eigenvalue weighted by Crippen LogP contribution is -2.44. The first-order valence-corrected chi connectivity index (χ1v) is 20.0. The first-order valence-electron chi connectivity index (χ1n) is 12.4. The van der Waals surface area contributed by atoms with Crippen molar-refractivity contribution in [3.05, 3.63) is 0 Å². The number of rotatable bonds is 2. The molecular formula is C24H55AlO2Si2. The molecule has 2 aliphatic heterocycles. The number of unbranched alkanes of at least 4 members (excludes halogenated alkanes) is 1. The fourth-order valence-electron chi connectivity index (χ4n) is 4.01. The zero-order valence-electron chi connectivity index (χ0n) is 22.3. The van der Waals surface area contributed by atoms with E-state index in [1.54, 1.807) is 0 Å².